The number of carbonyl (C=O) groups is 1. The van der Waals surface area contributed by atoms with Crippen molar-refractivity contribution in [2.24, 2.45) is 17.6 Å². The number of hydrogen-bond donors (Lipinski definition) is 1. The van der Waals surface area contributed by atoms with Crippen molar-refractivity contribution in [3.8, 4) is 0 Å². The molecular weight excluding hydrogens is 293 g/mol. The second kappa shape index (κ2) is 10.3. The van der Waals surface area contributed by atoms with Crippen LogP contribution < -0.4 is 5.73 Å². The third-order valence-electron chi connectivity index (χ3n) is 2.95. The van der Waals surface area contributed by atoms with Gasteiger partial charge in [-0.05, 0) is 39.0 Å². The summed E-state index contributed by atoms with van der Waals surface area (Å²) < 4.78 is 28.2. The molecule has 126 valence electrons. The van der Waals surface area contributed by atoms with Crippen LogP contribution in [0.5, 0.6) is 0 Å². The minimum absolute atomic E-state index is 0.132. The largest absolute Gasteiger partial charge is 0.465 e. The van der Waals surface area contributed by atoms with Crippen molar-refractivity contribution in [2.45, 2.75) is 47.1 Å². The minimum Gasteiger partial charge on any atom is -0.465 e. The van der Waals surface area contributed by atoms with Gasteiger partial charge >= 0.3 is 13.6 Å². The Morgan fingerprint density at radius 2 is 1.62 bits per heavy atom. The first kappa shape index (κ1) is 20.6. The molecule has 2 N–H and O–H groups in total. The van der Waals surface area contributed by atoms with E-state index in [9.17, 15) is 9.36 Å². The van der Waals surface area contributed by atoms with E-state index in [4.69, 9.17) is 19.5 Å². The Hall–Kier alpha value is -0.420. The fraction of sp³-hybridized carbons (Fsp3) is 0.929. The third-order valence-corrected chi connectivity index (χ3v) is 5.17. The van der Waals surface area contributed by atoms with E-state index >= 15 is 0 Å². The van der Waals surface area contributed by atoms with Crippen LogP contribution in [0.2, 0.25) is 0 Å². The molecule has 0 aliphatic heterocycles. The van der Waals surface area contributed by atoms with Crippen LogP contribution >= 0.6 is 7.60 Å². The van der Waals surface area contributed by atoms with Gasteiger partial charge in [-0.15, -0.1) is 0 Å². The number of carbonyl (C=O) groups excluding carboxylic acids is 1. The summed E-state index contributed by atoms with van der Waals surface area (Å²) in [4.78, 5) is 11.8. The molecule has 0 amide bonds. The van der Waals surface area contributed by atoms with Gasteiger partial charge in [0, 0.05) is 0 Å². The Kier molecular flexibility index (Phi) is 10.1. The Morgan fingerprint density at radius 1 is 1.10 bits per heavy atom. The summed E-state index contributed by atoms with van der Waals surface area (Å²) in [7, 11) is -3.23. The molecule has 0 saturated carbocycles. The van der Waals surface area contributed by atoms with Crippen molar-refractivity contribution in [3.63, 3.8) is 0 Å². The van der Waals surface area contributed by atoms with E-state index in [0.717, 1.165) is 0 Å². The second-order valence-corrected chi connectivity index (χ2v) is 7.40. The predicted molar refractivity (Wildman–Crippen MR) is 83.3 cm³/mol. The topological polar surface area (TPSA) is 87.9 Å². The Morgan fingerprint density at radius 3 is 2.00 bits per heavy atom. The van der Waals surface area contributed by atoms with Crippen LogP contribution in [0.1, 0.15) is 41.0 Å². The highest BCUT2D eigenvalue weighted by Gasteiger charge is 2.35. The molecule has 0 spiro atoms. The van der Waals surface area contributed by atoms with Gasteiger partial charge in [-0.2, -0.15) is 0 Å². The molecule has 0 saturated heterocycles. The van der Waals surface area contributed by atoms with Crippen LogP contribution in [-0.4, -0.2) is 38.0 Å². The van der Waals surface area contributed by atoms with E-state index in [1.54, 1.807) is 20.8 Å². The van der Waals surface area contributed by atoms with E-state index < -0.39 is 19.6 Å². The third kappa shape index (κ3) is 7.96. The van der Waals surface area contributed by atoms with E-state index in [-0.39, 0.29) is 18.7 Å². The lowest BCUT2D eigenvalue weighted by Gasteiger charge is -2.27. The lowest BCUT2D eigenvalue weighted by Crippen LogP contribution is -2.42. The summed E-state index contributed by atoms with van der Waals surface area (Å²) in [5.74, 6) is -0.456. The van der Waals surface area contributed by atoms with Crippen LogP contribution in [-0.2, 0) is 23.1 Å². The summed E-state index contributed by atoms with van der Waals surface area (Å²) >= 11 is 0. The van der Waals surface area contributed by atoms with E-state index in [0.29, 0.717) is 25.6 Å². The molecule has 0 aromatic rings. The summed E-state index contributed by atoms with van der Waals surface area (Å²) in [6.07, 6.45) is 0.789. The average Bonchev–Trinajstić information content (AvgIpc) is 2.37. The van der Waals surface area contributed by atoms with Crippen molar-refractivity contribution in [3.05, 3.63) is 0 Å². The summed E-state index contributed by atoms with van der Waals surface area (Å²) in [5, 5.41) is 0. The van der Waals surface area contributed by atoms with Crippen molar-refractivity contribution in [2.75, 3.05) is 26.0 Å². The molecule has 0 radical (unpaired) electrons. The number of hydrogen-bond acceptors (Lipinski definition) is 6. The Labute approximate surface area is 128 Å². The first-order valence-electron chi connectivity index (χ1n) is 7.59. The van der Waals surface area contributed by atoms with E-state index in [1.807, 2.05) is 13.8 Å². The van der Waals surface area contributed by atoms with Gasteiger partial charge < -0.3 is 19.5 Å². The van der Waals surface area contributed by atoms with Crippen molar-refractivity contribution in [1.82, 2.24) is 0 Å². The van der Waals surface area contributed by atoms with Gasteiger partial charge in [0.25, 0.3) is 0 Å². The highest BCUT2D eigenvalue weighted by atomic mass is 31.2. The van der Waals surface area contributed by atoms with Crippen LogP contribution in [0.25, 0.3) is 0 Å². The predicted octanol–water partition coefficient (Wildman–Crippen LogP) is 2.81. The first-order chi connectivity index (χ1) is 9.79. The molecule has 7 heteroatoms. The molecular formula is C14H30NO5P. The van der Waals surface area contributed by atoms with Gasteiger partial charge in [0.1, 0.15) is 6.04 Å². The van der Waals surface area contributed by atoms with Gasteiger partial charge in [0.05, 0.1) is 26.0 Å². The second-order valence-electron chi connectivity index (χ2n) is 5.30. The zero-order valence-corrected chi connectivity index (χ0v) is 14.7. The van der Waals surface area contributed by atoms with Crippen LogP contribution in [0.15, 0.2) is 0 Å². The lowest BCUT2D eigenvalue weighted by atomic mass is 9.92. The molecule has 0 aromatic carbocycles. The van der Waals surface area contributed by atoms with Crippen molar-refractivity contribution >= 4 is 13.6 Å². The molecule has 0 aromatic heterocycles. The lowest BCUT2D eigenvalue weighted by molar-refractivity contribution is -0.146. The van der Waals surface area contributed by atoms with Gasteiger partial charge in [0.2, 0.25) is 0 Å². The number of esters is 1. The van der Waals surface area contributed by atoms with Gasteiger partial charge in [-0.1, -0.05) is 13.8 Å². The van der Waals surface area contributed by atoms with Crippen molar-refractivity contribution in [1.29, 1.82) is 0 Å². The van der Waals surface area contributed by atoms with Gasteiger partial charge in [-0.3, -0.25) is 9.36 Å². The maximum absolute atomic E-state index is 12.6. The molecule has 6 nitrogen and oxygen atoms in total. The summed E-state index contributed by atoms with van der Waals surface area (Å²) in [6, 6.07) is -0.818. The molecule has 0 fully saturated rings. The fourth-order valence-electron chi connectivity index (χ4n) is 2.19. The quantitative estimate of drug-likeness (QED) is 0.464. The van der Waals surface area contributed by atoms with E-state index in [1.165, 1.54) is 0 Å². The zero-order valence-electron chi connectivity index (χ0n) is 13.8. The van der Waals surface area contributed by atoms with Crippen LogP contribution in [0.3, 0.4) is 0 Å². The highest BCUT2D eigenvalue weighted by molar-refractivity contribution is 7.53. The monoisotopic (exact) mass is 323 g/mol. The van der Waals surface area contributed by atoms with Gasteiger partial charge in [0.15, 0.2) is 0 Å². The zero-order chi connectivity index (χ0) is 16.5. The molecule has 0 aliphatic carbocycles. The fourth-order valence-corrected chi connectivity index (χ4v) is 4.22. The van der Waals surface area contributed by atoms with Crippen LogP contribution in [0.4, 0.5) is 0 Å². The summed E-state index contributed by atoms with van der Waals surface area (Å²) in [5.41, 5.74) is 5.99. The van der Waals surface area contributed by atoms with E-state index in [2.05, 4.69) is 0 Å². The normalized spacial score (nSPS) is 15.0. The molecule has 21 heavy (non-hydrogen) atoms. The summed E-state index contributed by atoms with van der Waals surface area (Å²) in [6.45, 7) is 10.2. The molecule has 0 bridgehead atoms. The minimum atomic E-state index is -3.23. The van der Waals surface area contributed by atoms with Crippen molar-refractivity contribution < 1.29 is 23.1 Å². The first-order valence-corrected chi connectivity index (χ1v) is 9.32. The smallest absolute Gasteiger partial charge is 0.331 e. The molecule has 0 unspecified atom stereocenters. The maximum atomic E-state index is 12.6. The molecule has 0 rings (SSSR count). The molecule has 0 aliphatic rings. The molecule has 2 atom stereocenters. The number of ether oxygens (including phenoxy) is 1. The van der Waals surface area contributed by atoms with Crippen LogP contribution in [0, 0.1) is 11.8 Å². The average molecular weight is 323 g/mol. The number of rotatable bonds is 11. The number of nitrogens with two attached hydrogens (primary N) is 1. The van der Waals surface area contributed by atoms with Gasteiger partial charge in [-0.25, -0.2) is 0 Å². The standard InChI is InChI=1S/C14H30NO5P/c1-6-18-14(16)13(15)12(9-11(4)5)10-21(17,19-7-2)20-8-3/h11-13H,6-10,15H2,1-5H3/t12-,13+/m0/s1. The Bertz CT molecular complexity index is 338. The SMILES string of the molecule is CCOC(=O)[C@H](N)[C@@H](CC(C)C)CP(=O)(OCC)OCC. The molecule has 0 heterocycles. The highest BCUT2D eigenvalue weighted by Crippen LogP contribution is 2.50. The maximum Gasteiger partial charge on any atom is 0.331 e. The Balaban J connectivity index is 5.03.